The summed E-state index contributed by atoms with van der Waals surface area (Å²) in [7, 11) is 0. The number of unbranched alkanes of at least 4 members (excludes halogenated alkanes) is 1. The van der Waals surface area contributed by atoms with Crippen molar-refractivity contribution in [3.05, 3.63) is 84.7 Å². The summed E-state index contributed by atoms with van der Waals surface area (Å²) in [4.78, 5) is 0. The van der Waals surface area contributed by atoms with E-state index in [2.05, 4.69) is 49.1 Å². The number of fused-ring (bicyclic) bond motifs is 1. The van der Waals surface area contributed by atoms with Crippen LogP contribution in [0.4, 0.5) is 4.39 Å². The molecule has 0 aromatic heterocycles. The monoisotopic (exact) mass is 390 g/mol. The van der Waals surface area contributed by atoms with E-state index in [1.54, 1.807) is 12.1 Å². The van der Waals surface area contributed by atoms with Gasteiger partial charge in [-0.1, -0.05) is 55.1 Å². The van der Waals surface area contributed by atoms with Gasteiger partial charge in [0.25, 0.3) is 0 Å². The highest BCUT2D eigenvalue weighted by Gasteiger charge is 2.07. The summed E-state index contributed by atoms with van der Waals surface area (Å²) in [5.74, 6) is -0.139. The molecule has 0 fully saturated rings. The lowest BCUT2D eigenvalue weighted by Crippen LogP contribution is -1.97. The van der Waals surface area contributed by atoms with Crippen molar-refractivity contribution < 1.29 is 14.2 Å². The van der Waals surface area contributed by atoms with Crippen LogP contribution in [-0.2, 0) is 0 Å². The van der Waals surface area contributed by atoms with Crippen LogP contribution in [0.3, 0.4) is 0 Å². The average molecular weight is 390 g/mol. The second-order valence-electron chi connectivity index (χ2n) is 7.25. The molecule has 0 aliphatic heterocycles. The number of ether oxygens (including phenoxy) is 1. The van der Waals surface area contributed by atoms with Gasteiger partial charge in [-0.05, 0) is 77.9 Å². The maximum atomic E-state index is 14.3. The van der Waals surface area contributed by atoms with Gasteiger partial charge in [0, 0.05) is 0 Å². The van der Waals surface area contributed by atoms with Gasteiger partial charge in [0.05, 0.1) is 6.10 Å². The van der Waals surface area contributed by atoms with Gasteiger partial charge in [-0.2, -0.15) is 0 Å². The Kier molecular flexibility index (Phi) is 7.20. The number of hydrogen-bond acceptors (Lipinski definition) is 2. The smallest absolute Gasteiger partial charge is 0.165 e. The third-order valence-electron chi connectivity index (χ3n) is 4.79. The predicted molar refractivity (Wildman–Crippen MR) is 120 cm³/mol. The van der Waals surface area contributed by atoms with Crippen LogP contribution in [-0.4, -0.2) is 17.8 Å². The van der Waals surface area contributed by atoms with E-state index in [0.29, 0.717) is 0 Å². The van der Waals surface area contributed by atoms with Gasteiger partial charge < -0.3 is 9.84 Å². The topological polar surface area (TPSA) is 29.5 Å². The number of allylic oxidation sites excluding steroid dienone is 1. The molecular weight excluding hydrogens is 363 g/mol. The van der Waals surface area contributed by atoms with Gasteiger partial charge in [-0.15, -0.1) is 0 Å². The normalized spacial score (nSPS) is 12.4. The summed E-state index contributed by atoms with van der Waals surface area (Å²) in [5, 5.41) is 11.6. The van der Waals surface area contributed by atoms with Gasteiger partial charge in [-0.25, -0.2) is 4.39 Å². The zero-order valence-corrected chi connectivity index (χ0v) is 16.8. The minimum atomic E-state index is -0.375. The van der Waals surface area contributed by atoms with Crippen LogP contribution in [0.1, 0.15) is 31.7 Å². The van der Waals surface area contributed by atoms with E-state index in [1.165, 1.54) is 6.07 Å². The average Bonchev–Trinajstić information content (AvgIpc) is 2.72. The summed E-state index contributed by atoms with van der Waals surface area (Å²) in [6.07, 6.45) is 8.40. The number of aliphatic hydroxyl groups excluding tert-OH is 1. The van der Waals surface area contributed by atoms with E-state index in [4.69, 9.17) is 4.74 Å². The fraction of sp³-hybridized carbons (Fsp3) is 0.231. The molecule has 3 aromatic carbocycles. The second kappa shape index (κ2) is 10.0. The van der Waals surface area contributed by atoms with E-state index < -0.39 is 0 Å². The Morgan fingerprint density at radius 1 is 1.03 bits per heavy atom. The van der Waals surface area contributed by atoms with Gasteiger partial charge in [0.15, 0.2) is 11.6 Å². The van der Waals surface area contributed by atoms with Crippen molar-refractivity contribution in [2.45, 2.75) is 32.3 Å². The van der Waals surface area contributed by atoms with E-state index in [0.717, 1.165) is 46.7 Å². The van der Waals surface area contributed by atoms with Crippen LogP contribution < -0.4 is 4.74 Å². The third-order valence-corrected chi connectivity index (χ3v) is 4.79. The molecule has 0 heterocycles. The quantitative estimate of drug-likeness (QED) is 0.322. The second-order valence-corrected chi connectivity index (χ2v) is 7.25. The first-order valence-corrected chi connectivity index (χ1v) is 9.99. The van der Waals surface area contributed by atoms with Crippen molar-refractivity contribution in [2.24, 2.45) is 0 Å². The minimum Gasteiger partial charge on any atom is -0.486 e. The Bertz CT molecular complexity index is 1000. The Morgan fingerprint density at radius 2 is 1.76 bits per heavy atom. The van der Waals surface area contributed by atoms with Crippen molar-refractivity contribution in [1.29, 1.82) is 0 Å². The highest BCUT2D eigenvalue weighted by atomic mass is 19.1. The number of rotatable bonds is 9. The van der Waals surface area contributed by atoms with Gasteiger partial charge in [0.2, 0.25) is 0 Å². The van der Waals surface area contributed by atoms with Crippen molar-refractivity contribution in [2.75, 3.05) is 6.61 Å². The van der Waals surface area contributed by atoms with E-state index in [-0.39, 0.29) is 24.3 Å². The molecule has 0 spiro atoms. The summed E-state index contributed by atoms with van der Waals surface area (Å²) in [5.41, 5.74) is 2.93. The molecule has 1 N–H and O–H groups in total. The van der Waals surface area contributed by atoms with Gasteiger partial charge in [0.1, 0.15) is 6.61 Å². The number of benzene rings is 3. The first-order chi connectivity index (χ1) is 14.1. The molecule has 0 saturated heterocycles. The van der Waals surface area contributed by atoms with E-state index >= 15 is 0 Å². The fourth-order valence-electron chi connectivity index (χ4n) is 3.24. The molecule has 0 aliphatic rings. The van der Waals surface area contributed by atoms with Crippen molar-refractivity contribution >= 4 is 16.8 Å². The van der Waals surface area contributed by atoms with E-state index in [1.807, 2.05) is 19.1 Å². The molecule has 0 saturated carbocycles. The molecule has 0 radical (unpaired) electrons. The van der Waals surface area contributed by atoms with E-state index in [9.17, 15) is 9.50 Å². The Labute approximate surface area is 172 Å². The zero-order chi connectivity index (χ0) is 20.6. The standard InChI is InChI=1S/C26H27FO2/c1-3-15-29-26-14-13-24(18-25(26)27)23-12-11-21-16-20(9-10-22(21)17-23)8-6-4-5-7-19(2)28/h3,6,8-14,16-19,28H,1,4-5,7,15H2,2H3/b8-6+. The lowest BCUT2D eigenvalue weighted by Gasteiger charge is -2.08. The molecule has 0 aliphatic carbocycles. The SMILES string of the molecule is C=CCOc1ccc(-c2ccc3cc(/C=C/CCCC(C)O)ccc3c2)cc1F. The molecule has 3 heteroatoms. The van der Waals surface area contributed by atoms with Crippen molar-refractivity contribution in [3.8, 4) is 16.9 Å². The summed E-state index contributed by atoms with van der Waals surface area (Å²) < 4.78 is 19.6. The van der Waals surface area contributed by atoms with Crippen LogP contribution in [0.2, 0.25) is 0 Å². The Morgan fingerprint density at radius 3 is 2.52 bits per heavy atom. The molecule has 150 valence electrons. The van der Waals surface area contributed by atoms with Gasteiger partial charge in [-0.3, -0.25) is 0 Å². The lowest BCUT2D eigenvalue weighted by atomic mass is 9.99. The summed E-state index contributed by atoms with van der Waals surface area (Å²) >= 11 is 0. The molecule has 3 rings (SSSR count). The first kappa shape index (κ1) is 20.8. The maximum Gasteiger partial charge on any atom is 0.165 e. The molecule has 0 amide bonds. The fourth-order valence-corrected chi connectivity index (χ4v) is 3.24. The number of hydrogen-bond donors (Lipinski definition) is 1. The molecule has 0 bridgehead atoms. The van der Waals surface area contributed by atoms with Crippen molar-refractivity contribution in [3.63, 3.8) is 0 Å². The largest absolute Gasteiger partial charge is 0.486 e. The molecule has 2 nitrogen and oxygen atoms in total. The van der Waals surface area contributed by atoms with Crippen LogP contribution in [0.15, 0.2) is 73.3 Å². The Hall–Kier alpha value is -2.91. The van der Waals surface area contributed by atoms with Crippen molar-refractivity contribution in [1.82, 2.24) is 0 Å². The van der Waals surface area contributed by atoms with Crippen LogP contribution >= 0.6 is 0 Å². The molecular formula is C26H27FO2. The zero-order valence-electron chi connectivity index (χ0n) is 16.8. The Balaban J connectivity index is 1.74. The number of aliphatic hydroxyl groups is 1. The molecule has 3 aromatic rings. The lowest BCUT2D eigenvalue weighted by molar-refractivity contribution is 0.182. The molecule has 1 atom stereocenters. The third kappa shape index (κ3) is 5.78. The minimum absolute atomic E-state index is 0.234. The summed E-state index contributed by atoms with van der Waals surface area (Å²) in [6.45, 7) is 5.68. The molecule has 29 heavy (non-hydrogen) atoms. The summed E-state index contributed by atoms with van der Waals surface area (Å²) in [6, 6.07) is 17.5. The number of halogens is 1. The van der Waals surface area contributed by atoms with Crippen LogP contribution in [0.25, 0.3) is 28.0 Å². The predicted octanol–water partition coefficient (Wildman–Crippen LogP) is 6.78. The molecule has 1 unspecified atom stereocenters. The maximum absolute atomic E-state index is 14.3. The first-order valence-electron chi connectivity index (χ1n) is 9.99. The van der Waals surface area contributed by atoms with Gasteiger partial charge >= 0.3 is 0 Å². The van der Waals surface area contributed by atoms with Crippen LogP contribution in [0, 0.1) is 5.82 Å². The highest BCUT2D eigenvalue weighted by Crippen LogP contribution is 2.29. The van der Waals surface area contributed by atoms with Crippen LogP contribution in [0.5, 0.6) is 5.75 Å². The highest BCUT2D eigenvalue weighted by molar-refractivity contribution is 5.89.